The lowest BCUT2D eigenvalue weighted by atomic mass is 10.0. The monoisotopic (exact) mass is 426 g/mol. The maximum Gasteiger partial charge on any atom is 0.184 e. The first kappa shape index (κ1) is 20.1. The quantitative estimate of drug-likeness (QED) is 0.767. The minimum absolute atomic E-state index is 0.117. The van der Waals surface area contributed by atoms with Crippen molar-refractivity contribution >= 4 is 23.2 Å². The molecule has 0 bridgehead atoms. The highest BCUT2D eigenvalue weighted by molar-refractivity contribution is 6.30. The highest BCUT2D eigenvalue weighted by Crippen LogP contribution is 2.36. The fourth-order valence-electron chi connectivity index (χ4n) is 3.26. The molecule has 2 aromatic carbocycles. The maximum atomic E-state index is 10.6. The summed E-state index contributed by atoms with van der Waals surface area (Å²) in [4.78, 5) is 0. The van der Waals surface area contributed by atoms with Crippen LogP contribution in [0.2, 0.25) is 10.0 Å². The van der Waals surface area contributed by atoms with Gasteiger partial charge in [-0.2, -0.15) is 0 Å². The largest absolute Gasteiger partial charge is 0.388 e. The number of halogens is 2. The van der Waals surface area contributed by atoms with Gasteiger partial charge >= 0.3 is 0 Å². The molecule has 2 unspecified atom stereocenters. The van der Waals surface area contributed by atoms with Crippen molar-refractivity contribution in [2.75, 3.05) is 13.2 Å². The summed E-state index contributed by atoms with van der Waals surface area (Å²) in [5.74, 6) is 0. The molecular formula is C20H20Cl2O6. The van der Waals surface area contributed by atoms with E-state index in [4.69, 9.17) is 42.1 Å². The summed E-state index contributed by atoms with van der Waals surface area (Å²) in [6.07, 6.45) is -5.10. The molecule has 2 aliphatic rings. The molecule has 2 heterocycles. The minimum atomic E-state index is -1.19. The smallest absolute Gasteiger partial charge is 0.184 e. The van der Waals surface area contributed by atoms with E-state index in [1.54, 1.807) is 48.5 Å². The molecule has 0 radical (unpaired) electrons. The maximum absolute atomic E-state index is 10.6. The molecular weight excluding hydrogens is 407 g/mol. The second-order valence-electron chi connectivity index (χ2n) is 6.77. The normalized spacial score (nSPS) is 33.6. The highest BCUT2D eigenvalue weighted by Gasteiger charge is 2.45. The number of ether oxygens (including phenoxy) is 4. The highest BCUT2D eigenvalue weighted by atomic mass is 35.5. The Morgan fingerprint density at radius 2 is 1.25 bits per heavy atom. The van der Waals surface area contributed by atoms with Gasteiger partial charge in [0.2, 0.25) is 0 Å². The Hall–Kier alpha value is -1.22. The summed E-state index contributed by atoms with van der Waals surface area (Å²) >= 11 is 11.9. The molecule has 0 amide bonds. The summed E-state index contributed by atoms with van der Waals surface area (Å²) in [6, 6.07) is 14.1. The Kier molecular flexibility index (Phi) is 6.20. The predicted molar refractivity (Wildman–Crippen MR) is 102 cm³/mol. The van der Waals surface area contributed by atoms with Crippen molar-refractivity contribution in [3.05, 3.63) is 69.7 Å². The molecule has 8 heteroatoms. The second kappa shape index (κ2) is 8.65. The number of hydrogen-bond donors (Lipinski definition) is 2. The van der Waals surface area contributed by atoms with Gasteiger partial charge in [0.15, 0.2) is 12.6 Å². The van der Waals surface area contributed by atoms with Crippen LogP contribution in [0, 0.1) is 0 Å². The van der Waals surface area contributed by atoms with E-state index in [2.05, 4.69) is 0 Å². The van der Waals surface area contributed by atoms with E-state index >= 15 is 0 Å². The molecule has 6 atom stereocenters. The molecule has 2 fully saturated rings. The van der Waals surface area contributed by atoms with Gasteiger partial charge in [-0.3, -0.25) is 0 Å². The summed E-state index contributed by atoms with van der Waals surface area (Å²) in [5.41, 5.74) is 1.51. The number of aliphatic hydroxyl groups excluding tert-OH is 2. The average molecular weight is 427 g/mol. The molecule has 2 aromatic rings. The summed E-state index contributed by atoms with van der Waals surface area (Å²) < 4.78 is 23.4. The minimum Gasteiger partial charge on any atom is -0.388 e. The molecule has 0 aliphatic carbocycles. The van der Waals surface area contributed by atoms with Gasteiger partial charge in [-0.1, -0.05) is 47.5 Å². The number of fused-ring (bicyclic) bond motifs is 1. The zero-order valence-electron chi connectivity index (χ0n) is 14.8. The van der Waals surface area contributed by atoms with Crippen LogP contribution < -0.4 is 0 Å². The van der Waals surface area contributed by atoms with E-state index in [-0.39, 0.29) is 13.2 Å². The van der Waals surface area contributed by atoms with E-state index in [1.165, 1.54) is 0 Å². The lowest BCUT2D eigenvalue weighted by molar-refractivity contribution is -0.182. The van der Waals surface area contributed by atoms with E-state index in [9.17, 15) is 10.2 Å². The van der Waals surface area contributed by atoms with Crippen LogP contribution in [0.15, 0.2) is 48.5 Å². The molecule has 0 aromatic heterocycles. The lowest BCUT2D eigenvalue weighted by Crippen LogP contribution is -2.45. The first-order valence-corrected chi connectivity index (χ1v) is 9.68. The summed E-state index contributed by atoms with van der Waals surface area (Å²) in [7, 11) is 0. The molecule has 4 rings (SSSR count). The Balaban J connectivity index is 1.53. The van der Waals surface area contributed by atoms with Gasteiger partial charge in [-0.15, -0.1) is 0 Å². The zero-order valence-corrected chi connectivity index (χ0v) is 16.3. The third-order valence-electron chi connectivity index (χ3n) is 4.79. The van der Waals surface area contributed by atoms with Crippen LogP contribution >= 0.6 is 23.2 Å². The number of hydrogen-bond acceptors (Lipinski definition) is 6. The van der Waals surface area contributed by atoms with Crippen LogP contribution in [0.4, 0.5) is 0 Å². The molecule has 150 valence electrons. The zero-order chi connectivity index (χ0) is 19.7. The van der Waals surface area contributed by atoms with Crippen molar-refractivity contribution in [3.8, 4) is 0 Å². The van der Waals surface area contributed by atoms with Crippen molar-refractivity contribution < 1.29 is 29.2 Å². The van der Waals surface area contributed by atoms with Crippen LogP contribution in [0.25, 0.3) is 0 Å². The Morgan fingerprint density at radius 1 is 0.714 bits per heavy atom. The van der Waals surface area contributed by atoms with Crippen LogP contribution in [-0.4, -0.2) is 47.8 Å². The van der Waals surface area contributed by atoms with E-state index in [0.717, 1.165) is 11.1 Å². The Labute approximate surface area is 172 Å². The Morgan fingerprint density at radius 3 is 1.86 bits per heavy atom. The van der Waals surface area contributed by atoms with Crippen LogP contribution in [0.5, 0.6) is 0 Å². The predicted octanol–water partition coefficient (Wildman–Crippen LogP) is 3.24. The molecule has 6 nitrogen and oxygen atoms in total. The van der Waals surface area contributed by atoms with Crippen molar-refractivity contribution in [1.82, 2.24) is 0 Å². The van der Waals surface area contributed by atoms with Crippen molar-refractivity contribution in [2.45, 2.75) is 37.0 Å². The van der Waals surface area contributed by atoms with E-state index in [0.29, 0.717) is 10.0 Å². The molecule has 0 spiro atoms. The molecule has 2 N–H and O–H groups in total. The molecule has 2 aliphatic heterocycles. The van der Waals surface area contributed by atoms with Gasteiger partial charge in [-0.05, 0) is 24.3 Å². The van der Waals surface area contributed by atoms with Gasteiger partial charge in [0.1, 0.15) is 24.4 Å². The first-order valence-electron chi connectivity index (χ1n) is 8.92. The number of rotatable bonds is 2. The molecule has 2 saturated heterocycles. The Bertz CT molecular complexity index is 784. The van der Waals surface area contributed by atoms with Gasteiger partial charge in [0, 0.05) is 21.2 Å². The van der Waals surface area contributed by atoms with Crippen LogP contribution in [0.3, 0.4) is 0 Å². The van der Waals surface area contributed by atoms with Gasteiger partial charge in [-0.25, -0.2) is 0 Å². The third-order valence-corrected chi connectivity index (χ3v) is 5.29. The first-order chi connectivity index (χ1) is 13.5. The van der Waals surface area contributed by atoms with Gasteiger partial charge < -0.3 is 29.2 Å². The molecule has 0 saturated carbocycles. The number of aliphatic hydroxyl groups is 2. The van der Waals surface area contributed by atoms with Crippen LogP contribution in [-0.2, 0) is 18.9 Å². The van der Waals surface area contributed by atoms with Crippen molar-refractivity contribution in [2.24, 2.45) is 0 Å². The third kappa shape index (κ3) is 4.35. The fourth-order valence-corrected chi connectivity index (χ4v) is 3.51. The fraction of sp³-hybridized carbons (Fsp3) is 0.400. The average Bonchev–Trinajstić information content (AvgIpc) is 3.13. The number of benzene rings is 2. The van der Waals surface area contributed by atoms with Crippen LogP contribution in [0.1, 0.15) is 23.7 Å². The molecule has 28 heavy (non-hydrogen) atoms. The second-order valence-corrected chi connectivity index (χ2v) is 7.64. The van der Waals surface area contributed by atoms with Crippen molar-refractivity contribution in [3.63, 3.8) is 0 Å². The topological polar surface area (TPSA) is 77.4 Å². The summed E-state index contributed by atoms with van der Waals surface area (Å²) in [6.45, 7) is -0.00151. The van der Waals surface area contributed by atoms with Gasteiger partial charge in [0.05, 0.1) is 13.2 Å². The summed E-state index contributed by atoms with van der Waals surface area (Å²) in [5, 5.41) is 22.1. The van der Waals surface area contributed by atoms with Crippen molar-refractivity contribution in [1.29, 1.82) is 0 Å². The lowest BCUT2D eigenvalue weighted by Gasteiger charge is -2.23. The van der Waals surface area contributed by atoms with E-state index < -0.39 is 37.0 Å². The van der Waals surface area contributed by atoms with Gasteiger partial charge in [0.25, 0.3) is 0 Å². The van der Waals surface area contributed by atoms with E-state index in [1.807, 2.05) is 0 Å². The standard InChI is InChI=1S/C20H20Cl2O6/c21-13-5-1-11(2-6-13)19-25-9-15(23)17(24)18-16(10-26-19)27-20(28-18)12-3-7-14(22)8-4-12/h1-8,15-20,23-24H,9-10H2/t15-,16+,17+,18+,19?,20?/m1/s1. The SMILES string of the molecule is O[C@@H]1[C@H]2OC(c3ccc(Cl)cc3)O[C@H]2COC(c2ccc(Cl)cc2)OC[C@H]1O.